The molecule has 0 saturated carbocycles. The van der Waals surface area contributed by atoms with Crippen molar-refractivity contribution < 1.29 is 13.2 Å². The lowest BCUT2D eigenvalue weighted by atomic mass is 10.1. The molecule has 2 N–H and O–H groups in total. The molecule has 0 spiro atoms. The number of benzene rings is 2. The van der Waals surface area contributed by atoms with Gasteiger partial charge in [0.1, 0.15) is 0 Å². The van der Waals surface area contributed by atoms with Crippen molar-refractivity contribution in [3.05, 3.63) is 57.0 Å². The summed E-state index contributed by atoms with van der Waals surface area (Å²) in [5, 5.41) is 5.49. The molecule has 0 aromatic heterocycles. The van der Waals surface area contributed by atoms with Gasteiger partial charge in [-0.05, 0) is 58.5 Å². The molecule has 8 heteroatoms. The Bertz CT molecular complexity index is 705. The van der Waals surface area contributed by atoms with Crippen LogP contribution in [-0.4, -0.2) is 5.11 Å². The van der Waals surface area contributed by atoms with Gasteiger partial charge in [-0.15, -0.1) is 0 Å². The van der Waals surface area contributed by atoms with E-state index in [1.165, 1.54) is 18.2 Å². The topological polar surface area (TPSA) is 24.1 Å². The molecule has 2 aromatic rings. The Kier molecular flexibility index (Phi) is 5.46. The normalized spacial score (nSPS) is 11.1. The van der Waals surface area contributed by atoms with Crippen molar-refractivity contribution in [2.45, 2.75) is 6.18 Å². The van der Waals surface area contributed by atoms with Gasteiger partial charge in [-0.25, -0.2) is 0 Å². The van der Waals surface area contributed by atoms with Crippen molar-refractivity contribution >= 4 is 60.6 Å². The van der Waals surface area contributed by atoms with Gasteiger partial charge >= 0.3 is 6.18 Å². The average molecular weight is 454 g/mol. The van der Waals surface area contributed by atoms with Gasteiger partial charge in [-0.3, -0.25) is 0 Å². The summed E-state index contributed by atoms with van der Waals surface area (Å²) in [5.74, 6) is 0. The summed E-state index contributed by atoms with van der Waals surface area (Å²) < 4.78 is 40.4. The van der Waals surface area contributed by atoms with Crippen LogP contribution in [0.25, 0.3) is 0 Å². The Labute approximate surface area is 147 Å². The van der Waals surface area contributed by atoms with E-state index in [9.17, 15) is 13.2 Å². The summed E-state index contributed by atoms with van der Waals surface area (Å²) in [6, 6.07) is 10.5. The largest absolute Gasteiger partial charge is 0.418 e. The van der Waals surface area contributed by atoms with Crippen LogP contribution in [0.1, 0.15) is 5.56 Å². The molecular weight excluding hydrogens is 445 g/mol. The van der Waals surface area contributed by atoms with Crippen molar-refractivity contribution in [2.75, 3.05) is 10.6 Å². The van der Waals surface area contributed by atoms with Gasteiger partial charge < -0.3 is 10.6 Å². The van der Waals surface area contributed by atoms with Crippen LogP contribution < -0.4 is 10.6 Å². The summed E-state index contributed by atoms with van der Waals surface area (Å²) in [5.41, 5.74) is -0.222. The van der Waals surface area contributed by atoms with E-state index in [1.807, 2.05) is 0 Å². The van der Waals surface area contributed by atoms with Crippen LogP contribution >= 0.6 is 44.1 Å². The van der Waals surface area contributed by atoms with E-state index in [0.717, 1.165) is 15.0 Å². The predicted octanol–water partition coefficient (Wildman–Crippen LogP) is 6.04. The second-order valence-corrected chi connectivity index (χ2v) is 6.42. The minimum Gasteiger partial charge on any atom is -0.332 e. The van der Waals surface area contributed by atoms with Crippen LogP contribution in [0, 0.1) is 0 Å². The maximum atomic E-state index is 12.9. The van der Waals surface area contributed by atoms with Crippen molar-refractivity contribution in [1.82, 2.24) is 0 Å². The van der Waals surface area contributed by atoms with Crippen LogP contribution in [0.3, 0.4) is 0 Å². The second-order valence-electron chi connectivity index (χ2n) is 4.25. The molecule has 0 radical (unpaired) electrons. The Morgan fingerprint density at radius 3 is 2.23 bits per heavy atom. The number of hydrogen-bond acceptors (Lipinski definition) is 1. The molecule has 0 saturated heterocycles. The van der Waals surface area contributed by atoms with E-state index >= 15 is 0 Å². The zero-order valence-electron chi connectivity index (χ0n) is 10.8. The van der Waals surface area contributed by atoms with Crippen LogP contribution in [0.4, 0.5) is 24.5 Å². The molecular formula is C14H9Br2F3N2S. The van der Waals surface area contributed by atoms with Gasteiger partial charge in [0.2, 0.25) is 0 Å². The summed E-state index contributed by atoms with van der Waals surface area (Å²) in [6.45, 7) is 0. The number of thiocarbonyl (C=S) groups is 1. The third kappa shape index (κ3) is 4.44. The highest BCUT2D eigenvalue weighted by Crippen LogP contribution is 2.34. The molecule has 2 rings (SSSR count). The van der Waals surface area contributed by atoms with Gasteiger partial charge in [0.25, 0.3) is 0 Å². The molecule has 0 aliphatic rings. The van der Waals surface area contributed by atoms with Crippen molar-refractivity contribution in [3.63, 3.8) is 0 Å². The molecule has 0 bridgehead atoms. The Morgan fingerprint density at radius 2 is 1.59 bits per heavy atom. The van der Waals surface area contributed by atoms with Gasteiger partial charge in [0.15, 0.2) is 5.11 Å². The highest BCUT2D eigenvalue weighted by molar-refractivity contribution is 9.11. The number of para-hydroxylation sites is 1. The quantitative estimate of drug-likeness (QED) is 0.542. The average Bonchev–Trinajstić information content (AvgIpc) is 2.41. The lowest BCUT2D eigenvalue weighted by Gasteiger charge is -2.16. The van der Waals surface area contributed by atoms with Crippen molar-refractivity contribution in [2.24, 2.45) is 0 Å². The first kappa shape index (κ1) is 17.2. The molecule has 0 amide bonds. The molecule has 0 aliphatic carbocycles. The molecule has 0 heterocycles. The lowest BCUT2D eigenvalue weighted by molar-refractivity contribution is -0.136. The molecule has 2 nitrogen and oxygen atoms in total. The zero-order valence-corrected chi connectivity index (χ0v) is 14.8. The molecule has 0 unspecified atom stereocenters. The van der Waals surface area contributed by atoms with Crippen molar-refractivity contribution in [3.8, 4) is 0 Å². The smallest absolute Gasteiger partial charge is 0.332 e. The van der Waals surface area contributed by atoms with E-state index in [2.05, 4.69) is 42.5 Å². The summed E-state index contributed by atoms with van der Waals surface area (Å²) in [7, 11) is 0. The van der Waals surface area contributed by atoms with Gasteiger partial charge in [0.05, 0.1) is 16.9 Å². The van der Waals surface area contributed by atoms with E-state index in [1.54, 1.807) is 18.2 Å². The van der Waals surface area contributed by atoms with Gasteiger partial charge in [-0.2, -0.15) is 13.2 Å². The van der Waals surface area contributed by atoms with Crippen LogP contribution in [0.2, 0.25) is 0 Å². The molecule has 22 heavy (non-hydrogen) atoms. The predicted molar refractivity (Wildman–Crippen MR) is 93.1 cm³/mol. The number of nitrogens with one attached hydrogen (secondary N) is 2. The third-order valence-electron chi connectivity index (χ3n) is 2.66. The Balaban J connectivity index is 2.16. The number of rotatable bonds is 2. The van der Waals surface area contributed by atoms with E-state index in [-0.39, 0.29) is 10.8 Å². The fourth-order valence-electron chi connectivity index (χ4n) is 1.71. The van der Waals surface area contributed by atoms with Crippen LogP contribution in [0.5, 0.6) is 0 Å². The maximum absolute atomic E-state index is 12.9. The van der Waals surface area contributed by atoms with E-state index < -0.39 is 11.7 Å². The number of hydrogen-bond donors (Lipinski definition) is 2. The SMILES string of the molecule is FC(F)(F)c1ccccc1NC(=S)Nc1ccc(Br)cc1Br. The number of halogens is 5. The maximum Gasteiger partial charge on any atom is 0.418 e. The Morgan fingerprint density at radius 1 is 0.955 bits per heavy atom. The second kappa shape index (κ2) is 6.97. The standard InChI is InChI=1S/C14H9Br2F3N2S/c15-8-5-6-12(10(16)7-8)21-13(22)20-11-4-2-1-3-9(11)14(17,18)19/h1-7H,(H2,20,21,22). The van der Waals surface area contributed by atoms with Crippen LogP contribution in [-0.2, 0) is 6.18 Å². The molecule has 0 aliphatic heterocycles. The Hall–Kier alpha value is -1.12. The van der Waals surface area contributed by atoms with Crippen molar-refractivity contribution in [1.29, 1.82) is 0 Å². The van der Waals surface area contributed by atoms with Gasteiger partial charge in [-0.1, -0.05) is 28.1 Å². The lowest BCUT2D eigenvalue weighted by Crippen LogP contribution is -2.21. The molecule has 0 fully saturated rings. The van der Waals surface area contributed by atoms with Crippen LogP contribution in [0.15, 0.2) is 51.4 Å². The van der Waals surface area contributed by atoms with Gasteiger partial charge in [0, 0.05) is 8.95 Å². The highest BCUT2D eigenvalue weighted by atomic mass is 79.9. The first-order chi connectivity index (χ1) is 10.3. The minimum atomic E-state index is -4.45. The number of anilines is 2. The first-order valence-electron chi connectivity index (χ1n) is 5.96. The fourth-order valence-corrected chi connectivity index (χ4v) is 3.07. The van der Waals surface area contributed by atoms with E-state index in [4.69, 9.17) is 12.2 Å². The molecule has 2 aromatic carbocycles. The monoisotopic (exact) mass is 452 g/mol. The minimum absolute atomic E-state index is 0.0692. The third-order valence-corrected chi connectivity index (χ3v) is 4.01. The van der Waals surface area contributed by atoms with E-state index in [0.29, 0.717) is 5.69 Å². The fraction of sp³-hybridized carbons (Fsp3) is 0.0714. The summed E-state index contributed by atoms with van der Waals surface area (Å²) in [4.78, 5) is 0. The molecule has 0 atom stereocenters. The zero-order chi connectivity index (χ0) is 16.3. The summed E-state index contributed by atoms with van der Waals surface area (Å²) in [6.07, 6.45) is -4.45. The molecule has 116 valence electrons. The first-order valence-corrected chi connectivity index (χ1v) is 7.96. The highest BCUT2D eigenvalue weighted by Gasteiger charge is 2.33. The summed E-state index contributed by atoms with van der Waals surface area (Å²) >= 11 is 11.7. The number of alkyl halides is 3.